The fourth-order valence-electron chi connectivity index (χ4n) is 1.78. The number of rotatable bonds is 6. The van der Waals surface area contributed by atoms with Crippen molar-refractivity contribution in [2.75, 3.05) is 7.11 Å². The topological polar surface area (TPSA) is 9.23 Å². The standard InChI is InChI=1S/C15H20O/c1-4-6-7-8-9-14-10-11-15(16-3)12-13(14)5-2/h2,10-12H,4,6-9H2,1,3H3. The van der Waals surface area contributed by atoms with Gasteiger partial charge >= 0.3 is 0 Å². The average molecular weight is 216 g/mol. The van der Waals surface area contributed by atoms with Crippen LogP contribution >= 0.6 is 0 Å². The first kappa shape index (κ1) is 12.6. The molecule has 1 aromatic carbocycles. The van der Waals surface area contributed by atoms with E-state index in [1.54, 1.807) is 7.11 Å². The first-order chi connectivity index (χ1) is 7.81. The molecule has 0 heterocycles. The van der Waals surface area contributed by atoms with Gasteiger partial charge in [0, 0.05) is 5.56 Å². The quantitative estimate of drug-likeness (QED) is 0.519. The fourth-order valence-corrected chi connectivity index (χ4v) is 1.78. The molecule has 16 heavy (non-hydrogen) atoms. The van der Waals surface area contributed by atoms with Gasteiger partial charge in [0.2, 0.25) is 0 Å². The molecule has 0 saturated carbocycles. The van der Waals surface area contributed by atoms with Gasteiger partial charge in [0.05, 0.1) is 7.11 Å². The van der Waals surface area contributed by atoms with Crippen molar-refractivity contribution in [1.29, 1.82) is 0 Å². The van der Waals surface area contributed by atoms with Gasteiger partial charge in [0.25, 0.3) is 0 Å². The summed E-state index contributed by atoms with van der Waals surface area (Å²) in [6.07, 6.45) is 11.6. The summed E-state index contributed by atoms with van der Waals surface area (Å²) in [4.78, 5) is 0. The largest absolute Gasteiger partial charge is 0.497 e. The molecule has 86 valence electrons. The van der Waals surface area contributed by atoms with Crippen LogP contribution in [-0.2, 0) is 6.42 Å². The lowest BCUT2D eigenvalue weighted by atomic mass is 10.0. The van der Waals surface area contributed by atoms with Crippen LogP contribution in [0.5, 0.6) is 5.75 Å². The van der Waals surface area contributed by atoms with E-state index in [1.165, 1.54) is 31.2 Å². The van der Waals surface area contributed by atoms with Crippen molar-refractivity contribution in [3.8, 4) is 18.1 Å². The maximum absolute atomic E-state index is 5.50. The summed E-state index contributed by atoms with van der Waals surface area (Å²) in [5.74, 6) is 3.57. The van der Waals surface area contributed by atoms with Gasteiger partial charge < -0.3 is 4.74 Å². The molecule has 0 aliphatic rings. The molecule has 0 aliphatic heterocycles. The first-order valence-corrected chi connectivity index (χ1v) is 5.95. The predicted octanol–water partition coefficient (Wildman–Crippen LogP) is 3.80. The van der Waals surface area contributed by atoms with E-state index < -0.39 is 0 Å². The van der Waals surface area contributed by atoms with Crippen molar-refractivity contribution in [2.45, 2.75) is 39.0 Å². The summed E-state index contributed by atoms with van der Waals surface area (Å²) < 4.78 is 5.16. The van der Waals surface area contributed by atoms with Gasteiger partial charge in [-0.2, -0.15) is 0 Å². The molecule has 1 rings (SSSR count). The van der Waals surface area contributed by atoms with Gasteiger partial charge in [0.1, 0.15) is 5.75 Å². The summed E-state index contributed by atoms with van der Waals surface area (Å²) in [5, 5.41) is 0. The SMILES string of the molecule is C#Cc1cc(OC)ccc1CCCCCC. The minimum atomic E-state index is 0.838. The Morgan fingerprint density at radius 2 is 2.06 bits per heavy atom. The van der Waals surface area contributed by atoms with Gasteiger partial charge in [-0.25, -0.2) is 0 Å². The molecule has 0 unspecified atom stereocenters. The van der Waals surface area contributed by atoms with Crippen LogP contribution in [0.1, 0.15) is 43.7 Å². The van der Waals surface area contributed by atoms with Crippen molar-refractivity contribution in [2.24, 2.45) is 0 Å². The molecular formula is C15H20O. The Hall–Kier alpha value is -1.42. The maximum Gasteiger partial charge on any atom is 0.120 e. The van der Waals surface area contributed by atoms with Crippen LogP contribution in [0.25, 0.3) is 0 Å². The van der Waals surface area contributed by atoms with Gasteiger partial charge in [-0.15, -0.1) is 6.42 Å². The molecule has 0 atom stereocenters. The van der Waals surface area contributed by atoms with Crippen LogP contribution in [0.3, 0.4) is 0 Å². The number of hydrogen-bond donors (Lipinski definition) is 0. The van der Waals surface area contributed by atoms with E-state index in [-0.39, 0.29) is 0 Å². The molecule has 0 spiro atoms. The highest BCUT2D eigenvalue weighted by Gasteiger charge is 2.02. The normalized spacial score (nSPS) is 9.81. The Morgan fingerprint density at radius 1 is 1.25 bits per heavy atom. The lowest BCUT2D eigenvalue weighted by molar-refractivity contribution is 0.414. The highest BCUT2D eigenvalue weighted by Crippen LogP contribution is 2.19. The Bertz CT molecular complexity index is 360. The van der Waals surface area contributed by atoms with Crippen LogP contribution < -0.4 is 4.74 Å². The van der Waals surface area contributed by atoms with E-state index in [9.17, 15) is 0 Å². The number of terminal acetylenes is 1. The maximum atomic E-state index is 5.50. The van der Waals surface area contributed by atoms with E-state index >= 15 is 0 Å². The number of benzene rings is 1. The highest BCUT2D eigenvalue weighted by molar-refractivity contribution is 5.45. The minimum absolute atomic E-state index is 0.838. The third-order valence-electron chi connectivity index (χ3n) is 2.77. The minimum Gasteiger partial charge on any atom is -0.497 e. The second kappa shape index (κ2) is 6.95. The van der Waals surface area contributed by atoms with E-state index in [1.807, 2.05) is 12.1 Å². The second-order valence-electron chi connectivity index (χ2n) is 3.98. The number of hydrogen-bond acceptors (Lipinski definition) is 1. The second-order valence-corrected chi connectivity index (χ2v) is 3.98. The van der Waals surface area contributed by atoms with E-state index in [4.69, 9.17) is 11.2 Å². The summed E-state index contributed by atoms with van der Waals surface area (Å²) in [7, 11) is 1.66. The predicted molar refractivity (Wildman–Crippen MR) is 68.8 cm³/mol. The monoisotopic (exact) mass is 216 g/mol. The molecule has 0 radical (unpaired) electrons. The third-order valence-corrected chi connectivity index (χ3v) is 2.77. The van der Waals surface area contributed by atoms with Gasteiger partial charge in [0.15, 0.2) is 0 Å². The van der Waals surface area contributed by atoms with E-state index in [2.05, 4.69) is 18.9 Å². The van der Waals surface area contributed by atoms with Crippen LogP contribution in [0.15, 0.2) is 18.2 Å². The average Bonchev–Trinajstić information content (AvgIpc) is 2.34. The van der Waals surface area contributed by atoms with Crippen molar-refractivity contribution in [3.63, 3.8) is 0 Å². The van der Waals surface area contributed by atoms with Gasteiger partial charge in [-0.05, 0) is 30.5 Å². The lowest BCUT2D eigenvalue weighted by Crippen LogP contribution is -1.92. The molecule has 0 saturated heterocycles. The molecule has 1 nitrogen and oxygen atoms in total. The zero-order valence-corrected chi connectivity index (χ0v) is 10.3. The van der Waals surface area contributed by atoms with Crippen molar-refractivity contribution in [3.05, 3.63) is 29.3 Å². The zero-order valence-electron chi connectivity index (χ0n) is 10.3. The van der Waals surface area contributed by atoms with Crippen molar-refractivity contribution in [1.82, 2.24) is 0 Å². The zero-order chi connectivity index (χ0) is 11.8. The van der Waals surface area contributed by atoms with Gasteiger partial charge in [-0.3, -0.25) is 0 Å². The molecule has 0 aromatic heterocycles. The summed E-state index contributed by atoms with van der Waals surface area (Å²) >= 11 is 0. The summed E-state index contributed by atoms with van der Waals surface area (Å²) in [6, 6.07) is 6.01. The Labute approximate surface area is 98.8 Å². The van der Waals surface area contributed by atoms with E-state index in [0.29, 0.717) is 0 Å². The smallest absolute Gasteiger partial charge is 0.120 e. The molecule has 0 fully saturated rings. The number of unbranched alkanes of at least 4 members (excludes halogenated alkanes) is 3. The van der Waals surface area contributed by atoms with Crippen LogP contribution in [-0.4, -0.2) is 7.11 Å². The molecule has 0 amide bonds. The Morgan fingerprint density at radius 3 is 2.69 bits per heavy atom. The molecule has 0 aliphatic carbocycles. The number of aryl methyl sites for hydroxylation is 1. The Kier molecular flexibility index (Phi) is 5.50. The molecule has 0 bridgehead atoms. The molecular weight excluding hydrogens is 196 g/mol. The lowest BCUT2D eigenvalue weighted by Gasteiger charge is -2.07. The molecule has 1 aromatic rings. The van der Waals surface area contributed by atoms with Crippen molar-refractivity contribution < 1.29 is 4.74 Å². The van der Waals surface area contributed by atoms with Crippen molar-refractivity contribution >= 4 is 0 Å². The van der Waals surface area contributed by atoms with Crippen LogP contribution in [0.4, 0.5) is 0 Å². The number of methoxy groups -OCH3 is 1. The molecule has 0 N–H and O–H groups in total. The summed E-state index contributed by atoms with van der Waals surface area (Å²) in [5.41, 5.74) is 2.23. The number of ether oxygens (including phenoxy) is 1. The summed E-state index contributed by atoms with van der Waals surface area (Å²) in [6.45, 7) is 2.22. The fraction of sp³-hybridized carbons (Fsp3) is 0.467. The third kappa shape index (κ3) is 3.62. The van der Waals surface area contributed by atoms with Gasteiger partial charge in [-0.1, -0.05) is 38.2 Å². The Balaban J connectivity index is 2.62. The highest BCUT2D eigenvalue weighted by atomic mass is 16.5. The molecule has 1 heteroatoms. The first-order valence-electron chi connectivity index (χ1n) is 5.95. The van der Waals surface area contributed by atoms with Crippen LogP contribution in [0.2, 0.25) is 0 Å². The van der Waals surface area contributed by atoms with Crippen LogP contribution in [0, 0.1) is 12.3 Å². The van der Waals surface area contributed by atoms with E-state index in [0.717, 1.165) is 17.7 Å².